The molecule has 0 amide bonds. The van der Waals surface area contributed by atoms with Crippen LogP contribution in [0.5, 0.6) is 11.5 Å². The van der Waals surface area contributed by atoms with E-state index in [4.69, 9.17) is 0 Å². The maximum Gasteiger partial charge on any atom is 0.162 e. The van der Waals surface area contributed by atoms with E-state index < -0.39 is 0 Å². The number of likely N-dealkylation sites (tertiary alicyclic amines) is 1. The van der Waals surface area contributed by atoms with Gasteiger partial charge in [-0.2, -0.15) is 0 Å². The van der Waals surface area contributed by atoms with Crippen LogP contribution in [-0.2, 0) is 12.0 Å². The Morgan fingerprint density at radius 3 is 2.28 bits per heavy atom. The van der Waals surface area contributed by atoms with Crippen LogP contribution >= 0.6 is 0 Å². The molecule has 0 aliphatic carbocycles. The van der Waals surface area contributed by atoms with E-state index in [9.17, 15) is 10.2 Å². The first-order chi connectivity index (χ1) is 8.38. The van der Waals surface area contributed by atoms with Gasteiger partial charge in [0.2, 0.25) is 0 Å². The molecule has 3 heteroatoms. The summed E-state index contributed by atoms with van der Waals surface area (Å²) in [7, 11) is 0. The van der Waals surface area contributed by atoms with Crippen molar-refractivity contribution in [2.45, 2.75) is 45.6 Å². The average Bonchev–Trinajstić information content (AvgIpc) is 2.75. The smallest absolute Gasteiger partial charge is 0.162 e. The van der Waals surface area contributed by atoms with E-state index in [1.165, 1.54) is 12.8 Å². The number of hydrogen-bond acceptors (Lipinski definition) is 3. The van der Waals surface area contributed by atoms with Gasteiger partial charge in [-0.05, 0) is 43.0 Å². The second kappa shape index (κ2) is 4.81. The zero-order valence-electron chi connectivity index (χ0n) is 11.5. The summed E-state index contributed by atoms with van der Waals surface area (Å²) in [6, 6.07) is 3.69. The maximum absolute atomic E-state index is 9.97. The monoisotopic (exact) mass is 249 g/mol. The van der Waals surface area contributed by atoms with Crippen LogP contribution < -0.4 is 0 Å². The molecular weight excluding hydrogens is 226 g/mol. The minimum atomic E-state index is -0.0229. The minimum absolute atomic E-state index is 0.00313. The number of benzene rings is 1. The molecule has 1 heterocycles. The summed E-state index contributed by atoms with van der Waals surface area (Å²) >= 11 is 0. The topological polar surface area (TPSA) is 43.7 Å². The van der Waals surface area contributed by atoms with Crippen molar-refractivity contribution in [2.24, 2.45) is 0 Å². The molecule has 1 aliphatic heterocycles. The highest BCUT2D eigenvalue weighted by molar-refractivity contribution is 5.49. The average molecular weight is 249 g/mol. The molecule has 2 N–H and O–H groups in total. The predicted octanol–water partition coefficient (Wildman–Crippen LogP) is 2.99. The van der Waals surface area contributed by atoms with Gasteiger partial charge in [-0.1, -0.05) is 26.8 Å². The molecule has 100 valence electrons. The Morgan fingerprint density at radius 1 is 1.11 bits per heavy atom. The van der Waals surface area contributed by atoms with Crippen molar-refractivity contribution in [3.05, 3.63) is 23.3 Å². The molecule has 1 saturated heterocycles. The van der Waals surface area contributed by atoms with Crippen molar-refractivity contribution < 1.29 is 10.2 Å². The van der Waals surface area contributed by atoms with Crippen molar-refractivity contribution in [1.82, 2.24) is 4.90 Å². The fourth-order valence-electron chi connectivity index (χ4n) is 2.41. The number of phenols is 2. The number of rotatable bonds is 2. The lowest BCUT2D eigenvalue weighted by Crippen LogP contribution is -2.19. The van der Waals surface area contributed by atoms with E-state index in [0.717, 1.165) is 30.8 Å². The maximum atomic E-state index is 9.97. The number of phenolic OH excluding ortho intramolecular Hbond substituents is 2. The second-order valence-corrected chi connectivity index (χ2v) is 6.24. The molecular formula is C15H23NO2. The van der Waals surface area contributed by atoms with Crippen molar-refractivity contribution in [3.63, 3.8) is 0 Å². The van der Waals surface area contributed by atoms with Crippen LogP contribution in [0.25, 0.3) is 0 Å². The van der Waals surface area contributed by atoms with E-state index in [1.807, 2.05) is 6.07 Å². The van der Waals surface area contributed by atoms with Crippen LogP contribution in [0, 0.1) is 0 Å². The zero-order valence-corrected chi connectivity index (χ0v) is 11.5. The first-order valence-corrected chi connectivity index (χ1v) is 6.65. The van der Waals surface area contributed by atoms with Crippen LogP contribution in [0.3, 0.4) is 0 Å². The van der Waals surface area contributed by atoms with Crippen molar-refractivity contribution >= 4 is 0 Å². The van der Waals surface area contributed by atoms with Crippen molar-refractivity contribution in [1.29, 1.82) is 0 Å². The largest absolute Gasteiger partial charge is 0.504 e. The van der Waals surface area contributed by atoms with Gasteiger partial charge in [0.25, 0.3) is 0 Å². The summed E-state index contributed by atoms with van der Waals surface area (Å²) in [6.45, 7) is 9.22. The zero-order chi connectivity index (χ0) is 13.3. The summed E-state index contributed by atoms with van der Waals surface area (Å²) in [6.07, 6.45) is 2.46. The Bertz CT molecular complexity index is 429. The standard InChI is InChI=1S/C15H23NO2/c1-15(2,3)12-8-11(14(18)13(17)9-12)10-16-6-4-5-7-16/h8-9,17-18H,4-7,10H2,1-3H3. The molecule has 0 bridgehead atoms. The summed E-state index contributed by atoms with van der Waals surface area (Å²) in [5.74, 6) is 0.0338. The van der Waals surface area contributed by atoms with Crippen LogP contribution in [0.2, 0.25) is 0 Å². The van der Waals surface area contributed by atoms with Gasteiger partial charge in [-0.3, -0.25) is 4.90 Å². The number of nitrogens with zero attached hydrogens (tertiary/aromatic N) is 1. The predicted molar refractivity (Wildman–Crippen MR) is 73.0 cm³/mol. The fraction of sp³-hybridized carbons (Fsp3) is 0.600. The van der Waals surface area contributed by atoms with Crippen LogP contribution in [0.4, 0.5) is 0 Å². The molecule has 1 fully saturated rings. The molecule has 0 unspecified atom stereocenters. The van der Waals surface area contributed by atoms with Crippen LogP contribution in [0.1, 0.15) is 44.7 Å². The van der Waals surface area contributed by atoms with Gasteiger partial charge in [0, 0.05) is 12.1 Å². The Hall–Kier alpha value is -1.22. The Labute approximate surface area is 109 Å². The molecule has 0 radical (unpaired) electrons. The molecule has 2 rings (SSSR count). The van der Waals surface area contributed by atoms with Gasteiger partial charge in [0.15, 0.2) is 11.5 Å². The van der Waals surface area contributed by atoms with Gasteiger partial charge in [-0.15, -0.1) is 0 Å². The molecule has 0 saturated carbocycles. The third-order valence-corrected chi connectivity index (χ3v) is 3.63. The van der Waals surface area contributed by atoms with Gasteiger partial charge >= 0.3 is 0 Å². The summed E-state index contributed by atoms with van der Waals surface area (Å²) in [5, 5.41) is 19.8. The third-order valence-electron chi connectivity index (χ3n) is 3.63. The highest BCUT2D eigenvalue weighted by Gasteiger charge is 2.20. The van der Waals surface area contributed by atoms with E-state index >= 15 is 0 Å². The first kappa shape index (κ1) is 13.2. The quantitative estimate of drug-likeness (QED) is 0.792. The lowest BCUT2D eigenvalue weighted by Gasteiger charge is -2.23. The third kappa shape index (κ3) is 2.78. The van der Waals surface area contributed by atoms with Gasteiger partial charge < -0.3 is 10.2 Å². The normalized spacial score (nSPS) is 17.3. The second-order valence-electron chi connectivity index (χ2n) is 6.24. The molecule has 1 aromatic rings. The number of hydrogen-bond donors (Lipinski definition) is 2. The molecule has 0 spiro atoms. The molecule has 18 heavy (non-hydrogen) atoms. The van der Waals surface area contributed by atoms with Crippen molar-refractivity contribution in [2.75, 3.05) is 13.1 Å². The number of aromatic hydroxyl groups is 2. The van der Waals surface area contributed by atoms with Crippen molar-refractivity contribution in [3.8, 4) is 11.5 Å². The van der Waals surface area contributed by atoms with E-state index in [0.29, 0.717) is 0 Å². The van der Waals surface area contributed by atoms with Gasteiger partial charge in [-0.25, -0.2) is 0 Å². The molecule has 1 aliphatic rings. The molecule has 3 nitrogen and oxygen atoms in total. The van der Waals surface area contributed by atoms with Crippen LogP contribution in [0.15, 0.2) is 12.1 Å². The summed E-state index contributed by atoms with van der Waals surface area (Å²) in [4.78, 5) is 2.32. The summed E-state index contributed by atoms with van der Waals surface area (Å²) < 4.78 is 0. The summed E-state index contributed by atoms with van der Waals surface area (Å²) in [5.41, 5.74) is 1.87. The van der Waals surface area contributed by atoms with Gasteiger partial charge in [0.1, 0.15) is 0 Å². The first-order valence-electron chi connectivity index (χ1n) is 6.65. The van der Waals surface area contributed by atoms with E-state index in [-0.39, 0.29) is 16.9 Å². The minimum Gasteiger partial charge on any atom is -0.504 e. The fourth-order valence-corrected chi connectivity index (χ4v) is 2.41. The lowest BCUT2D eigenvalue weighted by molar-refractivity contribution is 0.319. The Kier molecular flexibility index (Phi) is 3.53. The molecule has 1 aromatic carbocycles. The Balaban J connectivity index is 2.30. The lowest BCUT2D eigenvalue weighted by atomic mass is 9.85. The SMILES string of the molecule is CC(C)(C)c1cc(O)c(O)c(CN2CCCC2)c1. The van der Waals surface area contributed by atoms with Crippen LogP contribution in [-0.4, -0.2) is 28.2 Å². The highest BCUT2D eigenvalue weighted by atomic mass is 16.3. The molecule has 0 atom stereocenters. The Morgan fingerprint density at radius 2 is 1.72 bits per heavy atom. The highest BCUT2D eigenvalue weighted by Crippen LogP contribution is 2.36. The molecule has 0 aromatic heterocycles. The van der Waals surface area contributed by atoms with E-state index in [1.54, 1.807) is 6.07 Å². The van der Waals surface area contributed by atoms with Gasteiger partial charge in [0.05, 0.1) is 0 Å². The van der Waals surface area contributed by atoms with E-state index in [2.05, 4.69) is 25.7 Å².